The van der Waals surface area contributed by atoms with E-state index in [0.717, 1.165) is 22.3 Å². The molecule has 3 heteroatoms. The van der Waals surface area contributed by atoms with Gasteiger partial charge < -0.3 is 4.89 Å². The molecule has 0 amide bonds. The first kappa shape index (κ1) is 19.4. The molecule has 0 aromatic heterocycles. The summed E-state index contributed by atoms with van der Waals surface area (Å²) in [4.78, 5) is 11.8. The second-order valence-corrected chi connectivity index (χ2v) is 9.50. The van der Waals surface area contributed by atoms with Crippen LogP contribution >= 0.6 is 7.37 Å². The van der Waals surface area contributed by atoms with Crippen molar-refractivity contribution >= 4 is 7.37 Å². The van der Waals surface area contributed by atoms with Crippen LogP contribution in [-0.4, -0.2) is 4.89 Å². The summed E-state index contributed by atoms with van der Waals surface area (Å²) in [7, 11) is -3.80. The standard InChI is InChI=1S/C26H23O2P/c27-29(28,25(21-13-5-1-6-14-21)22-15-7-2-8-16-22)26(23-17-9-3-10-18-23)24-19-11-4-12-20-24/h1-20,25-26H,(H,27,28). The molecule has 0 saturated carbocycles. The van der Waals surface area contributed by atoms with Gasteiger partial charge in [-0.05, 0) is 22.3 Å². The van der Waals surface area contributed by atoms with E-state index in [1.165, 1.54) is 0 Å². The number of rotatable bonds is 6. The van der Waals surface area contributed by atoms with Crippen LogP contribution in [0.5, 0.6) is 0 Å². The SMILES string of the molecule is O=P(O)(C(c1ccccc1)c1ccccc1)C(c1ccccc1)c1ccccc1. The average molecular weight is 398 g/mol. The molecular weight excluding hydrogens is 375 g/mol. The van der Waals surface area contributed by atoms with Gasteiger partial charge in [-0.2, -0.15) is 0 Å². The van der Waals surface area contributed by atoms with Crippen molar-refractivity contribution in [1.29, 1.82) is 0 Å². The Kier molecular flexibility index (Phi) is 5.76. The number of benzene rings is 4. The van der Waals surface area contributed by atoms with Crippen molar-refractivity contribution < 1.29 is 9.46 Å². The minimum absolute atomic E-state index is 0.615. The molecule has 0 unspecified atom stereocenters. The quantitative estimate of drug-likeness (QED) is 0.361. The predicted octanol–water partition coefficient (Wildman–Crippen LogP) is 6.84. The van der Waals surface area contributed by atoms with Gasteiger partial charge in [0.1, 0.15) is 0 Å². The summed E-state index contributed by atoms with van der Waals surface area (Å²) in [5.74, 6) is 0. The van der Waals surface area contributed by atoms with Gasteiger partial charge in [0.2, 0.25) is 7.37 Å². The fourth-order valence-corrected chi connectivity index (χ4v) is 6.63. The van der Waals surface area contributed by atoms with Crippen molar-refractivity contribution in [1.82, 2.24) is 0 Å². The Morgan fingerprint density at radius 1 is 0.448 bits per heavy atom. The van der Waals surface area contributed by atoms with Gasteiger partial charge >= 0.3 is 0 Å². The van der Waals surface area contributed by atoms with Gasteiger partial charge in [-0.25, -0.2) is 0 Å². The maximum Gasteiger partial charge on any atom is 0.223 e. The molecular formula is C26H23O2P. The monoisotopic (exact) mass is 398 g/mol. The zero-order chi connectivity index (χ0) is 20.1. The lowest BCUT2D eigenvalue weighted by Crippen LogP contribution is -2.11. The van der Waals surface area contributed by atoms with Crippen molar-refractivity contribution in [2.75, 3.05) is 0 Å². The molecule has 1 N–H and O–H groups in total. The molecule has 29 heavy (non-hydrogen) atoms. The topological polar surface area (TPSA) is 37.3 Å². The van der Waals surface area contributed by atoms with E-state index in [2.05, 4.69) is 0 Å². The van der Waals surface area contributed by atoms with Gasteiger partial charge in [0.25, 0.3) is 0 Å². The lowest BCUT2D eigenvalue weighted by Gasteiger charge is -2.31. The Hall–Kier alpha value is -2.93. The Balaban J connectivity index is 1.93. The maximum atomic E-state index is 14.4. The first-order valence-electron chi connectivity index (χ1n) is 9.70. The fraction of sp³-hybridized carbons (Fsp3) is 0.0769. The van der Waals surface area contributed by atoms with E-state index < -0.39 is 18.7 Å². The predicted molar refractivity (Wildman–Crippen MR) is 119 cm³/mol. The molecule has 0 fully saturated rings. The van der Waals surface area contributed by atoms with E-state index >= 15 is 0 Å². The van der Waals surface area contributed by atoms with Crippen LogP contribution < -0.4 is 0 Å². The van der Waals surface area contributed by atoms with E-state index in [1.54, 1.807) is 0 Å². The summed E-state index contributed by atoms with van der Waals surface area (Å²) in [6.45, 7) is 0. The van der Waals surface area contributed by atoms with Crippen LogP contribution in [0.2, 0.25) is 0 Å². The fourth-order valence-electron chi connectivity index (χ4n) is 3.93. The second kappa shape index (κ2) is 8.61. The van der Waals surface area contributed by atoms with Gasteiger partial charge in [0, 0.05) is 0 Å². The Bertz CT molecular complexity index is 915. The molecule has 0 aliphatic rings. The van der Waals surface area contributed by atoms with Crippen molar-refractivity contribution in [2.45, 2.75) is 11.3 Å². The molecule has 0 atom stereocenters. The average Bonchev–Trinajstić information content (AvgIpc) is 2.77. The van der Waals surface area contributed by atoms with Crippen LogP contribution in [0.15, 0.2) is 121 Å². The largest absolute Gasteiger partial charge is 0.343 e. The highest BCUT2D eigenvalue weighted by Gasteiger charge is 2.42. The summed E-state index contributed by atoms with van der Waals surface area (Å²) in [5.41, 5.74) is 2.16. The van der Waals surface area contributed by atoms with Crippen LogP contribution in [0.3, 0.4) is 0 Å². The lowest BCUT2D eigenvalue weighted by atomic mass is 10.0. The van der Waals surface area contributed by atoms with Gasteiger partial charge in [-0.15, -0.1) is 0 Å². The Morgan fingerprint density at radius 3 is 0.862 bits per heavy atom. The molecule has 0 spiro atoms. The van der Waals surface area contributed by atoms with Gasteiger partial charge in [0.05, 0.1) is 11.3 Å². The third-order valence-electron chi connectivity index (χ3n) is 5.20. The van der Waals surface area contributed by atoms with E-state index in [-0.39, 0.29) is 0 Å². The van der Waals surface area contributed by atoms with E-state index in [0.29, 0.717) is 0 Å². The molecule has 0 saturated heterocycles. The van der Waals surface area contributed by atoms with Crippen LogP contribution in [0.25, 0.3) is 0 Å². The highest BCUT2D eigenvalue weighted by atomic mass is 31.2. The first-order chi connectivity index (χ1) is 14.2. The summed E-state index contributed by atoms with van der Waals surface area (Å²) in [6, 6.07) is 38.6. The van der Waals surface area contributed by atoms with Crippen LogP contribution in [0.1, 0.15) is 33.6 Å². The highest BCUT2D eigenvalue weighted by Crippen LogP contribution is 2.69. The summed E-state index contributed by atoms with van der Waals surface area (Å²) >= 11 is 0. The molecule has 0 aliphatic heterocycles. The molecule has 4 aromatic rings. The second-order valence-electron chi connectivity index (χ2n) is 7.12. The van der Waals surface area contributed by atoms with Crippen LogP contribution in [-0.2, 0) is 4.57 Å². The first-order valence-corrected chi connectivity index (χ1v) is 11.5. The molecule has 4 rings (SSSR count). The van der Waals surface area contributed by atoms with Crippen molar-refractivity contribution in [3.8, 4) is 0 Å². The zero-order valence-corrected chi connectivity index (χ0v) is 16.9. The van der Waals surface area contributed by atoms with Crippen LogP contribution in [0.4, 0.5) is 0 Å². The molecule has 2 nitrogen and oxygen atoms in total. The third kappa shape index (κ3) is 4.10. The van der Waals surface area contributed by atoms with Gasteiger partial charge in [0.15, 0.2) is 0 Å². The summed E-state index contributed by atoms with van der Waals surface area (Å²) in [5, 5.41) is 0. The maximum absolute atomic E-state index is 14.4. The van der Waals surface area contributed by atoms with Crippen LogP contribution in [0, 0.1) is 0 Å². The van der Waals surface area contributed by atoms with Gasteiger partial charge in [-0.1, -0.05) is 121 Å². The van der Waals surface area contributed by atoms with Crippen molar-refractivity contribution in [3.63, 3.8) is 0 Å². The summed E-state index contributed by atoms with van der Waals surface area (Å²) < 4.78 is 14.4. The molecule has 0 radical (unpaired) electrons. The normalized spacial score (nSPS) is 11.7. The van der Waals surface area contributed by atoms with E-state index in [1.807, 2.05) is 121 Å². The van der Waals surface area contributed by atoms with Crippen molar-refractivity contribution in [2.24, 2.45) is 0 Å². The highest BCUT2D eigenvalue weighted by molar-refractivity contribution is 7.59. The van der Waals surface area contributed by atoms with Crippen molar-refractivity contribution in [3.05, 3.63) is 144 Å². The third-order valence-corrected chi connectivity index (χ3v) is 7.87. The molecule has 0 aliphatic carbocycles. The smallest absolute Gasteiger partial charge is 0.223 e. The minimum atomic E-state index is -3.80. The number of hydrogen-bond donors (Lipinski definition) is 1. The zero-order valence-electron chi connectivity index (χ0n) is 16.0. The molecule has 0 heterocycles. The molecule has 144 valence electrons. The van der Waals surface area contributed by atoms with E-state index in [9.17, 15) is 9.46 Å². The number of hydrogen-bond acceptors (Lipinski definition) is 1. The molecule has 4 aromatic carbocycles. The minimum Gasteiger partial charge on any atom is -0.343 e. The lowest BCUT2D eigenvalue weighted by molar-refractivity contribution is 0.462. The molecule has 0 bridgehead atoms. The Labute approximate surface area is 172 Å². The van der Waals surface area contributed by atoms with Gasteiger partial charge in [-0.3, -0.25) is 4.57 Å². The van der Waals surface area contributed by atoms with E-state index in [4.69, 9.17) is 0 Å². The Morgan fingerprint density at radius 2 is 0.655 bits per heavy atom. The summed E-state index contributed by atoms with van der Waals surface area (Å²) in [6.07, 6.45) is 0.